The fourth-order valence-corrected chi connectivity index (χ4v) is 2.64. The molecule has 0 aliphatic carbocycles. The first-order valence-electron chi connectivity index (χ1n) is 8.01. The largest absolute Gasteiger partial charge is 1.00 e. The normalized spacial score (nSPS) is 15.2. The smallest absolute Gasteiger partial charge is 1.00 e. The molecule has 1 aromatic carbocycles. The number of unbranched alkanes of at least 4 members (excludes halogenated alkanes) is 1. The Morgan fingerprint density at radius 1 is 1.24 bits per heavy atom. The summed E-state index contributed by atoms with van der Waals surface area (Å²) in [5, 5.41) is 0. The first-order valence-corrected chi connectivity index (χ1v) is 8.01. The van der Waals surface area contributed by atoms with Crippen LogP contribution in [-0.2, 0) is 0 Å². The monoisotopic (exact) mass is 294 g/mol. The fraction of sp³-hybridized carbons (Fsp3) is 0.500. The zero-order valence-corrected chi connectivity index (χ0v) is 16.4. The third kappa shape index (κ3) is 8.04. The van der Waals surface area contributed by atoms with Crippen LogP contribution >= 0.6 is 0 Å². The molecule has 2 atom stereocenters. The summed E-state index contributed by atoms with van der Waals surface area (Å²) >= 11 is 0. The van der Waals surface area contributed by atoms with E-state index in [-0.39, 0.29) is 36.4 Å². The molecule has 0 spiro atoms. The number of benzene rings is 1. The van der Waals surface area contributed by atoms with Gasteiger partial charge in [-0.15, -0.1) is 6.58 Å². The van der Waals surface area contributed by atoms with E-state index in [1.54, 1.807) is 0 Å². The van der Waals surface area contributed by atoms with Crippen LogP contribution in [0, 0.1) is 11.3 Å². The van der Waals surface area contributed by atoms with Crippen molar-refractivity contribution in [1.82, 2.24) is 0 Å². The Balaban J connectivity index is 0. The fourth-order valence-electron chi connectivity index (χ4n) is 2.64. The Hall–Kier alpha value is -0.300. The molecule has 2 unspecified atom stereocenters. The Bertz CT molecular complexity index is 413. The molecule has 0 fully saturated rings. The first kappa shape index (κ1) is 20.7. The summed E-state index contributed by atoms with van der Waals surface area (Å²) in [6.07, 6.45) is 13.1. The summed E-state index contributed by atoms with van der Waals surface area (Å²) < 4.78 is 0. The minimum Gasteiger partial charge on any atom is -1.00 e. The molecule has 0 aromatic heterocycles. The molecule has 0 radical (unpaired) electrons. The van der Waals surface area contributed by atoms with Crippen molar-refractivity contribution in [2.75, 3.05) is 0 Å². The van der Waals surface area contributed by atoms with E-state index >= 15 is 0 Å². The molecule has 0 heterocycles. The van der Waals surface area contributed by atoms with E-state index < -0.39 is 0 Å². The van der Waals surface area contributed by atoms with Gasteiger partial charge >= 0.3 is 29.6 Å². The second-order valence-corrected chi connectivity index (χ2v) is 6.07. The van der Waals surface area contributed by atoms with Gasteiger partial charge < -0.3 is 1.43 Å². The maximum atomic E-state index is 4.06. The van der Waals surface area contributed by atoms with Crippen LogP contribution in [0.15, 0.2) is 49.1 Å². The van der Waals surface area contributed by atoms with Gasteiger partial charge in [0.25, 0.3) is 0 Å². The standard InChI is InChI=1S/C20H30.Na.H/c1-5-8-12-18(6-2)17-20(4,7-3)16-15-19-13-10-9-11-14-19;;/h7,9-11,13-16,18H,3,5-6,8,12,17H2,1-2,4H3;;/q;+1;-1. The molecule has 0 aliphatic rings. The molecule has 0 bridgehead atoms. The van der Waals surface area contributed by atoms with E-state index in [1.807, 2.05) is 0 Å². The van der Waals surface area contributed by atoms with E-state index in [1.165, 1.54) is 37.7 Å². The molecule has 1 rings (SSSR count). The Kier molecular flexibility index (Phi) is 11.1. The molecule has 1 aromatic rings. The van der Waals surface area contributed by atoms with Gasteiger partial charge in [-0.3, -0.25) is 0 Å². The summed E-state index contributed by atoms with van der Waals surface area (Å²) in [6.45, 7) is 10.9. The van der Waals surface area contributed by atoms with E-state index in [4.69, 9.17) is 0 Å². The van der Waals surface area contributed by atoms with E-state index in [9.17, 15) is 0 Å². The first-order chi connectivity index (χ1) is 9.63. The topological polar surface area (TPSA) is 0 Å². The van der Waals surface area contributed by atoms with Crippen LogP contribution in [0.1, 0.15) is 59.9 Å². The second-order valence-electron chi connectivity index (χ2n) is 6.07. The molecule has 0 saturated carbocycles. The summed E-state index contributed by atoms with van der Waals surface area (Å²) in [7, 11) is 0. The minimum atomic E-state index is 0. The average Bonchev–Trinajstić information content (AvgIpc) is 2.50. The van der Waals surface area contributed by atoms with Gasteiger partial charge in [-0.2, -0.15) is 0 Å². The minimum absolute atomic E-state index is 0. The Labute approximate surface area is 155 Å². The molecule has 0 nitrogen and oxygen atoms in total. The van der Waals surface area contributed by atoms with Crippen molar-refractivity contribution in [1.29, 1.82) is 0 Å². The summed E-state index contributed by atoms with van der Waals surface area (Å²) in [4.78, 5) is 0. The molecule has 0 amide bonds. The van der Waals surface area contributed by atoms with Crippen LogP contribution < -0.4 is 29.6 Å². The molecule has 112 valence electrons. The van der Waals surface area contributed by atoms with Gasteiger partial charge in [0.1, 0.15) is 0 Å². The molecular weight excluding hydrogens is 263 g/mol. The van der Waals surface area contributed by atoms with Gasteiger partial charge in [0.15, 0.2) is 0 Å². The molecule has 1 heteroatoms. The maximum Gasteiger partial charge on any atom is 1.00 e. The third-order valence-electron chi connectivity index (χ3n) is 4.19. The summed E-state index contributed by atoms with van der Waals surface area (Å²) in [5.41, 5.74) is 1.37. The van der Waals surface area contributed by atoms with Gasteiger partial charge in [0, 0.05) is 5.41 Å². The molecule has 21 heavy (non-hydrogen) atoms. The van der Waals surface area contributed by atoms with Crippen LogP contribution in [0.4, 0.5) is 0 Å². The average molecular weight is 294 g/mol. The number of hydrogen-bond donors (Lipinski definition) is 0. The van der Waals surface area contributed by atoms with E-state index in [0.29, 0.717) is 0 Å². The van der Waals surface area contributed by atoms with Crippen molar-refractivity contribution in [3.63, 3.8) is 0 Å². The van der Waals surface area contributed by atoms with Crippen molar-refractivity contribution >= 4 is 6.08 Å². The van der Waals surface area contributed by atoms with Crippen LogP contribution in [0.3, 0.4) is 0 Å². The Morgan fingerprint density at radius 2 is 1.90 bits per heavy atom. The SMILES string of the molecule is C=CC(C)(C=Cc1ccccc1)CC(CC)CCCC.[H-].[Na+]. The molecule has 0 saturated heterocycles. The van der Waals surface area contributed by atoms with E-state index in [2.05, 4.69) is 75.9 Å². The quantitative estimate of drug-likeness (QED) is 0.482. The van der Waals surface area contributed by atoms with Crippen molar-refractivity contribution in [3.8, 4) is 0 Å². The van der Waals surface area contributed by atoms with E-state index in [0.717, 1.165) is 5.92 Å². The molecule has 0 N–H and O–H groups in total. The Morgan fingerprint density at radius 3 is 2.43 bits per heavy atom. The van der Waals surface area contributed by atoms with Gasteiger partial charge in [0.2, 0.25) is 0 Å². The van der Waals surface area contributed by atoms with Gasteiger partial charge in [-0.25, -0.2) is 0 Å². The zero-order chi connectivity index (χ0) is 14.8. The number of rotatable bonds is 9. The van der Waals surface area contributed by atoms with Crippen LogP contribution in [0.2, 0.25) is 0 Å². The van der Waals surface area contributed by atoms with Crippen molar-refractivity contribution in [2.45, 2.75) is 52.9 Å². The van der Waals surface area contributed by atoms with Gasteiger partial charge in [0.05, 0.1) is 0 Å². The van der Waals surface area contributed by atoms with Crippen LogP contribution in [-0.4, -0.2) is 0 Å². The predicted molar refractivity (Wildman–Crippen MR) is 92.8 cm³/mol. The zero-order valence-electron chi connectivity index (χ0n) is 15.4. The number of hydrogen-bond acceptors (Lipinski definition) is 0. The van der Waals surface area contributed by atoms with Crippen LogP contribution in [0.5, 0.6) is 0 Å². The molecular formula is C20H31Na. The summed E-state index contributed by atoms with van der Waals surface area (Å²) in [6, 6.07) is 10.5. The molecule has 0 aliphatic heterocycles. The van der Waals surface area contributed by atoms with Crippen molar-refractivity contribution in [2.24, 2.45) is 11.3 Å². The van der Waals surface area contributed by atoms with Gasteiger partial charge in [-0.1, -0.05) is 95.0 Å². The number of allylic oxidation sites excluding steroid dienone is 2. The third-order valence-corrected chi connectivity index (χ3v) is 4.19. The van der Waals surface area contributed by atoms with Crippen LogP contribution in [0.25, 0.3) is 6.08 Å². The van der Waals surface area contributed by atoms with Gasteiger partial charge in [-0.05, 0) is 17.9 Å². The predicted octanol–water partition coefficient (Wildman–Crippen LogP) is 3.62. The maximum absolute atomic E-state index is 4.06. The second kappa shape index (κ2) is 11.3. The van der Waals surface area contributed by atoms with Crippen molar-refractivity contribution in [3.05, 3.63) is 54.6 Å². The summed E-state index contributed by atoms with van der Waals surface area (Å²) in [5.74, 6) is 0.804. The van der Waals surface area contributed by atoms with Crippen molar-refractivity contribution < 1.29 is 31.0 Å².